The molecule has 148 valence electrons. The first-order valence-electron chi connectivity index (χ1n) is 9.89. The number of nitrogens with zero attached hydrogens (tertiary/aromatic N) is 1. The van der Waals surface area contributed by atoms with E-state index < -0.39 is 5.60 Å². The molecular weight excluding hydrogens is 377 g/mol. The average Bonchev–Trinajstić information content (AvgIpc) is 2.68. The van der Waals surface area contributed by atoms with Gasteiger partial charge in [-0.05, 0) is 55.6 Å². The molecule has 0 saturated carbocycles. The molecule has 1 N–H and O–H groups in total. The average molecular weight is 408 g/mol. The van der Waals surface area contributed by atoms with Crippen molar-refractivity contribution in [1.82, 2.24) is 4.90 Å². The molecule has 4 heteroatoms. The first kappa shape index (κ1) is 22.2. The summed E-state index contributed by atoms with van der Waals surface area (Å²) in [6.45, 7) is 5.30. The standard InChI is InChI=1S/C23H30ClNO.ClH/c1-2-15-23(26,20-11-13-21(24)14-12-20)22(19-9-5-3-6-10-19)18-25-16-7-4-8-17-25;/h3,5-6,9-14,22,26H,2,4,7-8,15-18H2,1H3;1H. The summed E-state index contributed by atoms with van der Waals surface area (Å²) in [7, 11) is 0. The maximum absolute atomic E-state index is 11.9. The van der Waals surface area contributed by atoms with Crippen LogP contribution in [0.25, 0.3) is 0 Å². The molecule has 2 atom stereocenters. The number of rotatable bonds is 7. The molecule has 0 aliphatic carbocycles. The molecule has 1 saturated heterocycles. The van der Waals surface area contributed by atoms with Gasteiger partial charge in [-0.2, -0.15) is 0 Å². The lowest BCUT2D eigenvalue weighted by Gasteiger charge is -2.41. The second-order valence-electron chi connectivity index (χ2n) is 7.51. The van der Waals surface area contributed by atoms with Crippen molar-refractivity contribution in [1.29, 1.82) is 0 Å². The summed E-state index contributed by atoms with van der Waals surface area (Å²) in [6.07, 6.45) is 5.51. The molecule has 2 aromatic rings. The highest BCUT2D eigenvalue weighted by Gasteiger charge is 2.39. The lowest BCUT2D eigenvalue weighted by Crippen LogP contribution is -2.42. The van der Waals surface area contributed by atoms with Crippen molar-refractivity contribution in [3.63, 3.8) is 0 Å². The maximum Gasteiger partial charge on any atom is 0.0976 e. The van der Waals surface area contributed by atoms with Crippen LogP contribution in [0.1, 0.15) is 56.1 Å². The van der Waals surface area contributed by atoms with Crippen molar-refractivity contribution in [2.24, 2.45) is 0 Å². The van der Waals surface area contributed by atoms with Gasteiger partial charge in [-0.25, -0.2) is 0 Å². The van der Waals surface area contributed by atoms with Gasteiger partial charge in [0.05, 0.1) is 5.60 Å². The third-order valence-electron chi connectivity index (χ3n) is 5.64. The Hall–Kier alpha value is -1.06. The van der Waals surface area contributed by atoms with Crippen LogP contribution in [0, 0.1) is 0 Å². The normalized spacial score (nSPS) is 18.3. The number of aliphatic hydroxyl groups is 1. The van der Waals surface area contributed by atoms with E-state index in [2.05, 4.69) is 36.1 Å². The highest BCUT2D eigenvalue weighted by Crippen LogP contribution is 2.42. The van der Waals surface area contributed by atoms with E-state index in [1.165, 1.54) is 24.8 Å². The van der Waals surface area contributed by atoms with Crippen molar-refractivity contribution in [2.45, 2.75) is 50.5 Å². The van der Waals surface area contributed by atoms with Gasteiger partial charge in [-0.15, -0.1) is 12.4 Å². The van der Waals surface area contributed by atoms with Crippen LogP contribution in [0.5, 0.6) is 0 Å². The first-order chi connectivity index (χ1) is 12.6. The second kappa shape index (κ2) is 10.5. The highest BCUT2D eigenvalue weighted by atomic mass is 35.5. The fourth-order valence-electron chi connectivity index (χ4n) is 4.26. The van der Waals surface area contributed by atoms with Crippen LogP contribution in [-0.2, 0) is 5.60 Å². The van der Waals surface area contributed by atoms with Crippen LogP contribution in [-0.4, -0.2) is 29.6 Å². The number of hydrogen-bond acceptors (Lipinski definition) is 2. The van der Waals surface area contributed by atoms with E-state index in [4.69, 9.17) is 11.6 Å². The van der Waals surface area contributed by atoms with E-state index in [-0.39, 0.29) is 18.3 Å². The molecule has 27 heavy (non-hydrogen) atoms. The van der Waals surface area contributed by atoms with Gasteiger partial charge in [0.2, 0.25) is 0 Å². The fraction of sp³-hybridized carbons (Fsp3) is 0.478. The molecule has 2 aromatic carbocycles. The monoisotopic (exact) mass is 407 g/mol. The molecule has 1 heterocycles. The quantitative estimate of drug-likeness (QED) is 0.606. The molecule has 0 radical (unpaired) electrons. The largest absolute Gasteiger partial charge is 0.384 e. The maximum atomic E-state index is 11.9. The van der Waals surface area contributed by atoms with Crippen molar-refractivity contribution < 1.29 is 5.11 Å². The summed E-state index contributed by atoms with van der Waals surface area (Å²) in [5.41, 5.74) is 1.29. The van der Waals surface area contributed by atoms with E-state index in [0.717, 1.165) is 38.0 Å². The molecular formula is C23H31Cl2NO. The van der Waals surface area contributed by atoms with E-state index in [1.54, 1.807) is 0 Å². The zero-order valence-corrected chi connectivity index (χ0v) is 17.7. The molecule has 0 amide bonds. The van der Waals surface area contributed by atoms with Gasteiger partial charge in [-0.3, -0.25) is 0 Å². The molecule has 0 aromatic heterocycles. The fourth-order valence-corrected chi connectivity index (χ4v) is 4.38. The van der Waals surface area contributed by atoms with E-state index in [1.807, 2.05) is 30.3 Å². The summed E-state index contributed by atoms with van der Waals surface area (Å²) < 4.78 is 0. The van der Waals surface area contributed by atoms with Crippen LogP contribution in [0.3, 0.4) is 0 Å². The van der Waals surface area contributed by atoms with E-state index in [0.29, 0.717) is 5.02 Å². The van der Waals surface area contributed by atoms with Crippen LogP contribution < -0.4 is 0 Å². The Morgan fingerprint density at radius 3 is 2.22 bits per heavy atom. The van der Waals surface area contributed by atoms with Crippen LogP contribution in [0.15, 0.2) is 54.6 Å². The minimum atomic E-state index is -0.891. The summed E-state index contributed by atoms with van der Waals surface area (Å²) in [6, 6.07) is 18.3. The summed E-state index contributed by atoms with van der Waals surface area (Å²) in [5, 5.41) is 12.7. The summed E-state index contributed by atoms with van der Waals surface area (Å²) >= 11 is 6.10. The van der Waals surface area contributed by atoms with Gasteiger partial charge in [0.15, 0.2) is 0 Å². The summed E-state index contributed by atoms with van der Waals surface area (Å²) in [5.74, 6) is 0.0444. The van der Waals surface area contributed by atoms with Crippen LogP contribution in [0.2, 0.25) is 5.02 Å². The Morgan fingerprint density at radius 2 is 1.63 bits per heavy atom. The minimum absolute atomic E-state index is 0. The number of benzene rings is 2. The van der Waals surface area contributed by atoms with E-state index >= 15 is 0 Å². The number of piperidine rings is 1. The van der Waals surface area contributed by atoms with E-state index in [9.17, 15) is 5.11 Å². The van der Waals surface area contributed by atoms with Crippen molar-refractivity contribution in [3.8, 4) is 0 Å². The lowest BCUT2D eigenvalue weighted by atomic mass is 9.74. The zero-order chi connectivity index (χ0) is 18.4. The highest BCUT2D eigenvalue weighted by molar-refractivity contribution is 6.30. The summed E-state index contributed by atoms with van der Waals surface area (Å²) in [4.78, 5) is 2.53. The smallest absolute Gasteiger partial charge is 0.0976 e. The number of halogens is 2. The lowest BCUT2D eigenvalue weighted by molar-refractivity contribution is -0.0152. The molecule has 2 unspecified atom stereocenters. The minimum Gasteiger partial charge on any atom is -0.384 e. The zero-order valence-electron chi connectivity index (χ0n) is 16.1. The van der Waals surface area contributed by atoms with Crippen molar-refractivity contribution in [3.05, 3.63) is 70.7 Å². The van der Waals surface area contributed by atoms with Crippen LogP contribution in [0.4, 0.5) is 0 Å². The molecule has 2 nitrogen and oxygen atoms in total. The van der Waals surface area contributed by atoms with Gasteiger partial charge < -0.3 is 10.0 Å². The Kier molecular flexibility index (Phi) is 8.62. The third kappa shape index (κ3) is 5.48. The second-order valence-corrected chi connectivity index (χ2v) is 7.94. The topological polar surface area (TPSA) is 23.5 Å². The molecule has 1 fully saturated rings. The van der Waals surface area contributed by atoms with Gasteiger partial charge in [0.25, 0.3) is 0 Å². The predicted molar refractivity (Wildman–Crippen MR) is 117 cm³/mol. The Bertz CT molecular complexity index is 671. The van der Waals surface area contributed by atoms with Crippen LogP contribution >= 0.6 is 24.0 Å². The third-order valence-corrected chi connectivity index (χ3v) is 5.90. The molecule has 1 aliphatic heterocycles. The van der Waals surface area contributed by atoms with Gasteiger partial charge >= 0.3 is 0 Å². The molecule has 0 spiro atoms. The van der Waals surface area contributed by atoms with Crippen molar-refractivity contribution in [2.75, 3.05) is 19.6 Å². The predicted octanol–water partition coefficient (Wildman–Crippen LogP) is 6.02. The molecule has 0 bridgehead atoms. The number of hydrogen-bond donors (Lipinski definition) is 1. The molecule has 3 rings (SSSR count). The van der Waals surface area contributed by atoms with Gasteiger partial charge in [-0.1, -0.05) is 73.8 Å². The number of likely N-dealkylation sites (tertiary alicyclic amines) is 1. The van der Waals surface area contributed by atoms with Gasteiger partial charge in [0, 0.05) is 17.5 Å². The Labute approximate surface area is 175 Å². The first-order valence-corrected chi connectivity index (χ1v) is 10.3. The molecule has 1 aliphatic rings. The Balaban J connectivity index is 0.00000261. The SMILES string of the molecule is CCCC(O)(c1ccc(Cl)cc1)C(CN1CCCCC1)c1ccccc1.Cl. The van der Waals surface area contributed by atoms with Crippen molar-refractivity contribution >= 4 is 24.0 Å². The Morgan fingerprint density at radius 1 is 1.00 bits per heavy atom. The van der Waals surface area contributed by atoms with Gasteiger partial charge in [0.1, 0.15) is 0 Å².